The maximum absolute atomic E-state index is 9.57. The van der Waals surface area contributed by atoms with Gasteiger partial charge in [-0.05, 0) is 18.5 Å². The number of carboxylic acid groups (broad SMARTS) is 1. The zero-order chi connectivity index (χ0) is 8.73. The highest BCUT2D eigenvalue weighted by atomic mass is 35.5. The highest BCUT2D eigenvalue weighted by molar-refractivity contribution is 6.62. The van der Waals surface area contributed by atoms with Crippen LogP contribution in [0.4, 0.5) is 0 Å². The number of carbonyl (C=O) groups is 2. The summed E-state index contributed by atoms with van der Waals surface area (Å²) in [5, 5.41) is 7.50. The minimum absolute atomic E-state index is 0.361. The third-order valence-corrected chi connectivity index (χ3v) is 0.390. The Labute approximate surface area is 64.0 Å². The number of aliphatic carboxylic acids is 1. The van der Waals surface area contributed by atoms with Gasteiger partial charge in [-0.15, -0.1) is 0 Å². The van der Waals surface area contributed by atoms with Crippen LogP contribution in [0.3, 0.4) is 0 Å². The molecule has 0 heterocycles. The van der Waals surface area contributed by atoms with Crippen molar-refractivity contribution in [3.63, 3.8) is 0 Å². The molecule has 0 saturated heterocycles. The van der Waals surface area contributed by atoms with Crippen molar-refractivity contribution >= 4 is 22.8 Å². The molecule has 0 aromatic heterocycles. The molecule has 0 aliphatic carbocycles. The highest BCUT2D eigenvalue weighted by Crippen LogP contribution is 1.68. The third kappa shape index (κ3) is 26.3. The fourth-order valence-electron chi connectivity index (χ4n) is 0. The van der Waals surface area contributed by atoms with Crippen molar-refractivity contribution in [1.29, 1.82) is 0 Å². The van der Waals surface area contributed by atoms with Crippen LogP contribution in [0.5, 0.6) is 0 Å². The highest BCUT2D eigenvalue weighted by Gasteiger charge is 1.99. The lowest BCUT2D eigenvalue weighted by atomic mass is 10.4. The number of halogens is 1. The summed E-state index contributed by atoms with van der Waals surface area (Å²) >= 11 is 4.64. The number of carboxylic acids is 1. The summed E-state index contributed by atoms with van der Waals surface area (Å²) in [5.74, 6) is -0.963. The smallest absolute Gasteiger partial charge is 0.320 e. The largest absolute Gasteiger partial charge is 0.480 e. The Morgan fingerprint density at radius 2 is 1.70 bits per heavy atom. The molecule has 4 nitrogen and oxygen atoms in total. The zero-order valence-corrected chi connectivity index (χ0v) is 6.55. The lowest BCUT2D eigenvalue weighted by molar-refractivity contribution is -0.138. The van der Waals surface area contributed by atoms with Gasteiger partial charge in [-0.2, -0.15) is 0 Å². The number of carbonyl (C=O) groups excluding carboxylic acids is 1. The van der Waals surface area contributed by atoms with E-state index in [1.54, 1.807) is 0 Å². The fraction of sp³-hybridized carbons (Fsp3) is 0.600. The molecule has 1 atom stereocenters. The molecule has 0 unspecified atom stereocenters. The summed E-state index contributed by atoms with van der Waals surface area (Å²) in [7, 11) is 0. The van der Waals surface area contributed by atoms with Gasteiger partial charge in [0.2, 0.25) is 5.24 Å². The topological polar surface area (TPSA) is 80.4 Å². The summed E-state index contributed by atoms with van der Waals surface area (Å²) in [4.78, 5) is 18.8. The fourth-order valence-corrected chi connectivity index (χ4v) is 0. The molecule has 5 heteroatoms. The van der Waals surface area contributed by atoms with E-state index < -0.39 is 12.0 Å². The van der Waals surface area contributed by atoms with Crippen molar-refractivity contribution in [2.75, 3.05) is 0 Å². The Morgan fingerprint density at radius 3 is 1.70 bits per heavy atom. The van der Waals surface area contributed by atoms with Gasteiger partial charge in [-0.25, -0.2) is 0 Å². The number of nitrogens with two attached hydrogens (primary N) is 1. The van der Waals surface area contributed by atoms with Crippen LogP contribution in [-0.4, -0.2) is 22.4 Å². The van der Waals surface area contributed by atoms with E-state index in [0.717, 1.165) is 0 Å². The van der Waals surface area contributed by atoms with Crippen LogP contribution in [0.15, 0.2) is 0 Å². The first-order valence-corrected chi connectivity index (χ1v) is 2.90. The normalized spacial score (nSPS) is 10.8. The van der Waals surface area contributed by atoms with Crippen molar-refractivity contribution in [2.24, 2.45) is 5.73 Å². The zero-order valence-electron chi connectivity index (χ0n) is 5.80. The monoisotopic (exact) mass is 167 g/mol. The van der Waals surface area contributed by atoms with E-state index in [1.165, 1.54) is 13.8 Å². The quantitative estimate of drug-likeness (QED) is 0.547. The van der Waals surface area contributed by atoms with Crippen molar-refractivity contribution < 1.29 is 14.7 Å². The minimum atomic E-state index is -0.963. The molecule has 0 fully saturated rings. The van der Waals surface area contributed by atoms with Gasteiger partial charge in [0.15, 0.2) is 0 Å². The molecule has 0 aliphatic rings. The Balaban J connectivity index is 0. The second-order valence-corrected chi connectivity index (χ2v) is 2.13. The number of rotatable bonds is 1. The third-order valence-electron chi connectivity index (χ3n) is 0.390. The van der Waals surface area contributed by atoms with E-state index in [9.17, 15) is 9.59 Å². The molecule has 0 spiro atoms. The average Bonchev–Trinajstić information content (AvgIpc) is 1.63. The lowest BCUT2D eigenvalue weighted by Gasteiger charge is -1.90. The van der Waals surface area contributed by atoms with Gasteiger partial charge in [0.05, 0.1) is 0 Å². The van der Waals surface area contributed by atoms with Gasteiger partial charge in [-0.3, -0.25) is 9.59 Å². The molecule has 0 rings (SSSR count). The van der Waals surface area contributed by atoms with E-state index in [2.05, 4.69) is 11.6 Å². The first-order valence-electron chi connectivity index (χ1n) is 2.52. The van der Waals surface area contributed by atoms with Gasteiger partial charge < -0.3 is 10.8 Å². The van der Waals surface area contributed by atoms with Crippen LogP contribution in [0.25, 0.3) is 0 Å². The lowest BCUT2D eigenvalue weighted by Crippen LogP contribution is -2.25. The Kier molecular flexibility index (Phi) is 7.88. The van der Waals surface area contributed by atoms with Crippen molar-refractivity contribution in [2.45, 2.75) is 19.9 Å². The number of hydrogen-bond donors (Lipinski definition) is 2. The van der Waals surface area contributed by atoms with Crippen LogP contribution in [0.1, 0.15) is 13.8 Å². The standard InChI is InChI=1S/C3H7NO2.C2H3ClO/c1-2(4)3(5)6;1-2(3)4/h2H,4H2,1H3,(H,5,6);1H3/t2-;/m0./s1. The molecule has 60 valence electrons. The minimum Gasteiger partial charge on any atom is -0.480 e. The van der Waals surface area contributed by atoms with Crippen LogP contribution in [0.2, 0.25) is 0 Å². The SMILES string of the molecule is CC(=O)Cl.C[C@H](N)C(=O)O. The Bertz CT molecular complexity index is 120. The summed E-state index contributed by atoms with van der Waals surface area (Å²) < 4.78 is 0. The van der Waals surface area contributed by atoms with Gasteiger partial charge in [-0.1, -0.05) is 0 Å². The molecule has 0 aliphatic heterocycles. The molecular weight excluding hydrogens is 158 g/mol. The van der Waals surface area contributed by atoms with Crippen LogP contribution in [-0.2, 0) is 9.59 Å². The maximum atomic E-state index is 9.57. The van der Waals surface area contributed by atoms with Crippen LogP contribution < -0.4 is 5.73 Å². The van der Waals surface area contributed by atoms with Gasteiger partial charge in [0.1, 0.15) is 6.04 Å². The van der Waals surface area contributed by atoms with Crippen molar-refractivity contribution in [3.05, 3.63) is 0 Å². The Hall–Kier alpha value is -0.610. The molecule has 10 heavy (non-hydrogen) atoms. The summed E-state index contributed by atoms with van der Waals surface area (Å²) in [6, 6.07) is -0.731. The second-order valence-electron chi connectivity index (χ2n) is 1.60. The van der Waals surface area contributed by atoms with E-state index in [1.807, 2.05) is 0 Å². The molecule has 3 N–H and O–H groups in total. The predicted octanol–water partition coefficient (Wildman–Crippen LogP) is 0.190. The first-order chi connectivity index (χ1) is 4.37. The van der Waals surface area contributed by atoms with E-state index >= 15 is 0 Å². The molecule has 0 aromatic carbocycles. The summed E-state index contributed by atoms with van der Waals surface area (Å²) in [6.45, 7) is 2.71. The first kappa shape index (κ1) is 12.1. The van der Waals surface area contributed by atoms with Crippen LogP contribution in [0, 0.1) is 0 Å². The molecule has 0 amide bonds. The maximum Gasteiger partial charge on any atom is 0.320 e. The molecular formula is C5H10ClNO3. The van der Waals surface area contributed by atoms with Crippen molar-refractivity contribution in [3.8, 4) is 0 Å². The Morgan fingerprint density at radius 1 is 1.60 bits per heavy atom. The van der Waals surface area contributed by atoms with E-state index in [4.69, 9.17) is 10.8 Å². The van der Waals surface area contributed by atoms with Gasteiger partial charge in [0, 0.05) is 6.92 Å². The molecule has 0 bridgehead atoms. The van der Waals surface area contributed by atoms with Gasteiger partial charge >= 0.3 is 5.97 Å². The van der Waals surface area contributed by atoms with Gasteiger partial charge in [0.25, 0.3) is 0 Å². The summed E-state index contributed by atoms with van der Waals surface area (Å²) in [6.07, 6.45) is 0. The van der Waals surface area contributed by atoms with E-state index in [0.29, 0.717) is 0 Å². The average molecular weight is 168 g/mol. The summed E-state index contributed by atoms with van der Waals surface area (Å²) in [5.41, 5.74) is 4.84. The predicted molar refractivity (Wildman–Crippen MR) is 37.8 cm³/mol. The van der Waals surface area contributed by atoms with Crippen molar-refractivity contribution in [1.82, 2.24) is 0 Å². The molecule has 0 radical (unpaired) electrons. The number of hydrogen-bond acceptors (Lipinski definition) is 3. The molecule has 0 aromatic rings. The second kappa shape index (κ2) is 6.51. The molecule has 0 saturated carbocycles. The van der Waals surface area contributed by atoms with Crippen LogP contribution >= 0.6 is 11.6 Å². The van der Waals surface area contributed by atoms with E-state index in [-0.39, 0.29) is 5.24 Å².